The molecule has 0 saturated carbocycles. The third kappa shape index (κ3) is 3.98. The average molecular weight is 446 g/mol. The number of fused-ring (bicyclic) bond motifs is 1. The highest BCUT2D eigenvalue weighted by atomic mass is 35.5. The number of nitrogens with one attached hydrogen (secondary N) is 2. The van der Waals surface area contributed by atoms with Crippen LogP contribution in [-0.4, -0.2) is 15.6 Å². The van der Waals surface area contributed by atoms with Gasteiger partial charge in [-0.15, -0.1) is 0 Å². The van der Waals surface area contributed by atoms with Crippen LogP contribution in [0.5, 0.6) is 5.75 Å². The van der Waals surface area contributed by atoms with Crippen LogP contribution in [0.4, 0.5) is 4.39 Å². The van der Waals surface area contributed by atoms with E-state index in [0.717, 1.165) is 10.7 Å². The Labute approximate surface area is 178 Å². The van der Waals surface area contributed by atoms with Crippen LogP contribution in [-0.2, 0) is 6.61 Å². The lowest BCUT2D eigenvalue weighted by atomic mass is 10.2. The number of aromatic amines is 1. The molecule has 0 bridgehead atoms. The molecule has 2 N–H and O–H groups in total. The molecule has 30 heavy (non-hydrogen) atoms. The molecule has 2 aromatic carbocycles. The molecular weight excluding hydrogens is 433 g/mol. The SMILES string of the molecule is O=C(Nn1c(=S)[nH]c2ccccc2c1=O)c1ccc(COc2ccc(F)cc2Cl)o1. The maximum absolute atomic E-state index is 13.1. The molecule has 0 aliphatic heterocycles. The molecule has 2 aromatic heterocycles. The molecule has 0 radical (unpaired) electrons. The lowest BCUT2D eigenvalue weighted by Gasteiger charge is -2.08. The van der Waals surface area contributed by atoms with E-state index in [4.69, 9.17) is 33.0 Å². The van der Waals surface area contributed by atoms with E-state index < -0.39 is 17.3 Å². The fourth-order valence-electron chi connectivity index (χ4n) is 2.74. The number of furan rings is 1. The van der Waals surface area contributed by atoms with Crippen molar-refractivity contribution in [2.45, 2.75) is 6.61 Å². The molecule has 0 aliphatic rings. The van der Waals surface area contributed by atoms with Gasteiger partial charge < -0.3 is 14.1 Å². The minimum Gasteiger partial charge on any atom is -0.484 e. The van der Waals surface area contributed by atoms with Gasteiger partial charge in [0.1, 0.15) is 23.9 Å². The second kappa shape index (κ2) is 8.13. The molecule has 0 atom stereocenters. The van der Waals surface area contributed by atoms with Gasteiger partial charge in [0.25, 0.3) is 5.56 Å². The van der Waals surface area contributed by atoms with Crippen molar-refractivity contribution in [3.63, 3.8) is 0 Å². The Morgan fingerprint density at radius 1 is 1.23 bits per heavy atom. The van der Waals surface area contributed by atoms with Crippen LogP contribution >= 0.6 is 23.8 Å². The number of amides is 1. The Bertz CT molecular complexity index is 1380. The van der Waals surface area contributed by atoms with E-state index in [1.165, 1.54) is 24.3 Å². The van der Waals surface area contributed by atoms with Crippen LogP contribution < -0.4 is 15.7 Å². The van der Waals surface area contributed by atoms with Gasteiger partial charge in [-0.2, -0.15) is 4.68 Å². The number of nitrogens with zero attached hydrogens (tertiary/aromatic N) is 1. The Morgan fingerprint density at radius 3 is 2.83 bits per heavy atom. The van der Waals surface area contributed by atoms with E-state index in [1.54, 1.807) is 24.3 Å². The summed E-state index contributed by atoms with van der Waals surface area (Å²) in [5.74, 6) is -0.594. The predicted molar refractivity (Wildman–Crippen MR) is 112 cm³/mol. The highest BCUT2D eigenvalue weighted by molar-refractivity contribution is 7.71. The van der Waals surface area contributed by atoms with Crippen LogP contribution in [0.15, 0.2) is 63.8 Å². The average Bonchev–Trinajstić information content (AvgIpc) is 3.19. The number of hydrogen-bond donors (Lipinski definition) is 2. The van der Waals surface area contributed by atoms with Gasteiger partial charge in [-0.3, -0.25) is 15.0 Å². The topological polar surface area (TPSA) is 89.3 Å². The molecule has 4 rings (SSSR count). The van der Waals surface area contributed by atoms with Gasteiger partial charge in [-0.1, -0.05) is 23.7 Å². The summed E-state index contributed by atoms with van der Waals surface area (Å²) in [5, 5.41) is 0.487. The molecule has 7 nitrogen and oxygen atoms in total. The molecular formula is C20H13ClFN3O4S. The molecule has 152 valence electrons. The summed E-state index contributed by atoms with van der Waals surface area (Å²) in [6.45, 7) is -0.0331. The number of ether oxygens (including phenoxy) is 1. The van der Waals surface area contributed by atoms with Crippen LogP contribution in [0, 0.1) is 10.6 Å². The van der Waals surface area contributed by atoms with Crippen molar-refractivity contribution in [3.8, 4) is 5.75 Å². The summed E-state index contributed by atoms with van der Waals surface area (Å²) in [6.07, 6.45) is 0. The third-order valence-corrected chi connectivity index (χ3v) is 4.75. The van der Waals surface area contributed by atoms with Crippen molar-refractivity contribution in [1.29, 1.82) is 0 Å². The van der Waals surface area contributed by atoms with Gasteiger partial charge in [-0.05, 0) is 54.7 Å². The summed E-state index contributed by atoms with van der Waals surface area (Å²) >= 11 is 11.1. The predicted octanol–water partition coefficient (Wildman–Crippen LogP) is 4.41. The zero-order valence-corrected chi connectivity index (χ0v) is 16.7. The van der Waals surface area contributed by atoms with Gasteiger partial charge >= 0.3 is 5.91 Å². The van der Waals surface area contributed by atoms with Gasteiger partial charge in [-0.25, -0.2) is 4.39 Å². The minimum atomic E-state index is -0.669. The maximum Gasteiger partial charge on any atom is 0.305 e. The van der Waals surface area contributed by atoms with Crippen LogP contribution in [0.3, 0.4) is 0 Å². The van der Waals surface area contributed by atoms with E-state index in [1.807, 2.05) is 0 Å². The van der Waals surface area contributed by atoms with Crippen molar-refractivity contribution in [3.05, 3.63) is 92.1 Å². The summed E-state index contributed by atoms with van der Waals surface area (Å²) in [7, 11) is 0. The van der Waals surface area contributed by atoms with E-state index in [2.05, 4.69) is 10.4 Å². The molecule has 0 fully saturated rings. The fraction of sp³-hybridized carbons (Fsp3) is 0.0500. The van der Waals surface area contributed by atoms with E-state index in [0.29, 0.717) is 16.7 Å². The Kier molecular flexibility index (Phi) is 5.39. The first-order valence-electron chi connectivity index (χ1n) is 8.64. The zero-order valence-electron chi connectivity index (χ0n) is 15.1. The molecule has 0 saturated heterocycles. The van der Waals surface area contributed by atoms with Crippen molar-refractivity contribution in [2.75, 3.05) is 5.43 Å². The number of rotatable bonds is 5. The maximum atomic E-state index is 13.1. The normalized spacial score (nSPS) is 10.9. The number of carbonyl (C=O) groups is 1. The minimum absolute atomic E-state index is 0.0331. The number of halogens is 2. The second-order valence-electron chi connectivity index (χ2n) is 6.19. The summed E-state index contributed by atoms with van der Waals surface area (Å²) in [5.41, 5.74) is 2.52. The molecule has 0 aliphatic carbocycles. The molecule has 2 heterocycles. The number of hydrogen-bond acceptors (Lipinski definition) is 5. The van der Waals surface area contributed by atoms with Crippen LogP contribution in [0.25, 0.3) is 10.9 Å². The largest absolute Gasteiger partial charge is 0.484 e. The highest BCUT2D eigenvalue weighted by Crippen LogP contribution is 2.26. The van der Waals surface area contributed by atoms with Gasteiger partial charge in [0.15, 0.2) is 10.5 Å². The zero-order chi connectivity index (χ0) is 21.3. The first-order valence-corrected chi connectivity index (χ1v) is 9.43. The number of aromatic nitrogens is 2. The van der Waals surface area contributed by atoms with Crippen molar-refractivity contribution in [2.24, 2.45) is 0 Å². The van der Waals surface area contributed by atoms with Crippen molar-refractivity contribution < 1.29 is 18.3 Å². The molecule has 10 heteroatoms. The monoisotopic (exact) mass is 445 g/mol. The fourth-order valence-corrected chi connectivity index (χ4v) is 3.20. The van der Waals surface area contributed by atoms with E-state index in [9.17, 15) is 14.0 Å². The second-order valence-corrected chi connectivity index (χ2v) is 6.98. The highest BCUT2D eigenvalue weighted by Gasteiger charge is 2.15. The molecule has 0 unspecified atom stereocenters. The van der Waals surface area contributed by atoms with Crippen molar-refractivity contribution in [1.82, 2.24) is 9.66 Å². The summed E-state index contributed by atoms with van der Waals surface area (Å²) < 4.78 is 25.0. The van der Waals surface area contributed by atoms with Crippen LogP contribution in [0.1, 0.15) is 16.3 Å². The Morgan fingerprint density at radius 2 is 2.03 bits per heavy atom. The van der Waals surface area contributed by atoms with Gasteiger partial charge in [0, 0.05) is 0 Å². The number of para-hydroxylation sites is 1. The van der Waals surface area contributed by atoms with E-state index >= 15 is 0 Å². The number of carbonyl (C=O) groups excluding carboxylic acids is 1. The van der Waals surface area contributed by atoms with E-state index in [-0.39, 0.29) is 27.9 Å². The third-order valence-electron chi connectivity index (χ3n) is 4.17. The summed E-state index contributed by atoms with van der Waals surface area (Å²) in [4.78, 5) is 28.0. The molecule has 0 spiro atoms. The number of benzene rings is 2. The lowest BCUT2D eigenvalue weighted by Crippen LogP contribution is -2.34. The van der Waals surface area contributed by atoms with Crippen molar-refractivity contribution >= 4 is 40.6 Å². The lowest BCUT2D eigenvalue weighted by molar-refractivity contribution is 0.0976. The number of H-pyrrole nitrogens is 1. The summed E-state index contributed by atoms with van der Waals surface area (Å²) in [6, 6.07) is 13.5. The van der Waals surface area contributed by atoms with Crippen LogP contribution in [0.2, 0.25) is 5.02 Å². The Balaban J connectivity index is 1.50. The van der Waals surface area contributed by atoms with Gasteiger partial charge in [0.2, 0.25) is 0 Å². The molecule has 1 amide bonds. The quantitative estimate of drug-likeness (QED) is 0.444. The first kappa shape index (κ1) is 19.9. The van der Waals surface area contributed by atoms with Gasteiger partial charge in [0.05, 0.1) is 15.9 Å². The molecule has 4 aromatic rings. The first-order chi connectivity index (χ1) is 14.4. The standard InChI is InChI=1S/C20H13ClFN3O4S/c21-14-9-11(22)5-7-16(14)28-10-12-6-8-17(29-12)18(26)24-25-19(27)13-3-1-2-4-15(13)23-20(25)30/h1-9H,10H2,(H,23,30)(H,24,26). The Hall–Kier alpha value is -3.43. The smallest absolute Gasteiger partial charge is 0.305 e.